The van der Waals surface area contributed by atoms with Gasteiger partial charge in [-0.25, -0.2) is 9.18 Å². The Morgan fingerprint density at radius 2 is 1.85 bits per heavy atom. The average Bonchev–Trinajstić information content (AvgIpc) is 3.42. The molecule has 10 nitrogen and oxygen atoms in total. The van der Waals surface area contributed by atoms with E-state index >= 15 is 4.39 Å². The van der Waals surface area contributed by atoms with Crippen LogP contribution in [0.4, 0.5) is 15.0 Å². The third-order valence-electron chi connectivity index (χ3n) is 8.39. The second kappa shape index (κ2) is 10.6. The Kier molecular flexibility index (Phi) is 7.22. The number of nitrogens with zero attached hydrogens (tertiary/aromatic N) is 6. The number of aromatic amines is 1. The van der Waals surface area contributed by atoms with Crippen LogP contribution in [0.15, 0.2) is 18.5 Å². The molecule has 41 heavy (non-hydrogen) atoms. The minimum absolute atomic E-state index is 0.0290. The summed E-state index contributed by atoms with van der Waals surface area (Å²) in [6.45, 7) is 10.3. The van der Waals surface area contributed by atoms with E-state index in [0.29, 0.717) is 42.9 Å². The fourth-order valence-electron chi connectivity index (χ4n) is 6.09. The Morgan fingerprint density at radius 3 is 2.49 bits per heavy atom. The summed E-state index contributed by atoms with van der Waals surface area (Å²) in [6.07, 6.45) is 6.33. The van der Waals surface area contributed by atoms with E-state index in [9.17, 15) is 4.79 Å². The van der Waals surface area contributed by atoms with Gasteiger partial charge >= 0.3 is 12.1 Å². The van der Waals surface area contributed by atoms with Gasteiger partial charge in [0.05, 0.1) is 11.2 Å². The van der Waals surface area contributed by atoms with Crippen LogP contribution in [0.3, 0.4) is 0 Å². The molecule has 0 saturated carbocycles. The zero-order valence-electron chi connectivity index (χ0n) is 24.0. The van der Waals surface area contributed by atoms with Gasteiger partial charge in [-0.1, -0.05) is 11.6 Å². The SMILES string of the molecule is CN1CCC(Oc2nc(N3CCC4(CC3)CN(C(=O)OC(C)(C)C)C4)c3cc(Cl)c(-c4cn[nH]c4)c(F)c3n2)CC1. The van der Waals surface area contributed by atoms with Gasteiger partial charge in [-0.15, -0.1) is 0 Å². The van der Waals surface area contributed by atoms with Crippen molar-refractivity contribution in [2.24, 2.45) is 5.41 Å². The largest absolute Gasteiger partial charge is 0.460 e. The first-order valence-corrected chi connectivity index (χ1v) is 14.7. The molecular weight excluding hydrogens is 549 g/mol. The maximum absolute atomic E-state index is 16.1. The van der Waals surface area contributed by atoms with Gasteiger partial charge in [-0.2, -0.15) is 15.1 Å². The molecular formula is C29H37ClFN7O3. The monoisotopic (exact) mass is 585 g/mol. The quantitative estimate of drug-likeness (QED) is 0.450. The number of benzene rings is 1. The maximum Gasteiger partial charge on any atom is 0.410 e. The van der Waals surface area contributed by atoms with Gasteiger partial charge in [0, 0.05) is 67.4 Å². The number of anilines is 1. The van der Waals surface area contributed by atoms with Gasteiger partial charge in [-0.3, -0.25) is 5.10 Å². The van der Waals surface area contributed by atoms with Crippen LogP contribution < -0.4 is 9.64 Å². The standard InChI is InChI=1S/C29H37ClFN7O3/c1-28(2,3)41-27(39)38-16-29(17-38)7-11-37(12-8-29)25-20-13-21(30)22(18-14-32-33-15-18)23(31)24(20)34-26(35-25)40-19-5-9-36(4)10-6-19/h13-15,19H,5-12,16-17H2,1-4H3,(H,32,33). The second-order valence-corrected chi connectivity index (χ2v) is 13.1. The molecule has 3 aliphatic heterocycles. The molecule has 1 N–H and O–H groups in total. The van der Waals surface area contributed by atoms with Crippen molar-refractivity contribution in [2.75, 3.05) is 51.2 Å². The molecule has 3 aliphatic rings. The van der Waals surface area contributed by atoms with E-state index in [4.69, 9.17) is 26.1 Å². The van der Waals surface area contributed by atoms with Crippen LogP contribution in [0.2, 0.25) is 5.02 Å². The molecule has 5 heterocycles. The van der Waals surface area contributed by atoms with E-state index in [2.05, 4.69) is 32.0 Å². The van der Waals surface area contributed by atoms with Crippen LogP contribution in [0, 0.1) is 11.2 Å². The Bertz CT molecular complexity index is 1420. The zero-order valence-corrected chi connectivity index (χ0v) is 24.8. The van der Waals surface area contributed by atoms with Crippen LogP contribution in [-0.2, 0) is 4.74 Å². The minimum Gasteiger partial charge on any atom is -0.460 e. The molecule has 220 valence electrons. The van der Waals surface area contributed by atoms with Crippen molar-refractivity contribution in [1.29, 1.82) is 0 Å². The number of fused-ring (bicyclic) bond motifs is 1. The van der Waals surface area contributed by atoms with Gasteiger partial charge in [0.2, 0.25) is 0 Å². The number of ether oxygens (including phenoxy) is 2. The predicted molar refractivity (Wildman–Crippen MR) is 155 cm³/mol. The van der Waals surface area contributed by atoms with Crippen molar-refractivity contribution in [3.8, 4) is 17.1 Å². The molecule has 3 aromatic rings. The van der Waals surface area contributed by atoms with Gasteiger partial charge in [-0.05, 0) is 59.6 Å². The van der Waals surface area contributed by atoms with Gasteiger partial charge < -0.3 is 24.2 Å². The molecule has 1 aromatic carbocycles. The lowest BCUT2D eigenvalue weighted by molar-refractivity contribution is -0.0434. The smallest absolute Gasteiger partial charge is 0.410 e. The molecule has 0 unspecified atom stereocenters. The average molecular weight is 586 g/mol. The molecule has 1 amide bonds. The van der Waals surface area contributed by atoms with E-state index < -0.39 is 11.4 Å². The lowest BCUT2D eigenvalue weighted by atomic mass is 9.72. The number of hydrogen-bond donors (Lipinski definition) is 1. The van der Waals surface area contributed by atoms with Crippen molar-refractivity contribution in [1.82, 2.24) is 30.0 Å². The summed E-state index contributed by atoms with van der Waals surface area (Å²) < 4.78 is 27.9. The van der Waals surface area contributed by atoms with E-state index in [0.717, 1.165) is 38.8 Å². The highest BCUT2D eigenvalue weighted by Gasteiger charge is 2.48. The first-order chi connectivity index (χ1) is 19.5. The number of nitrogens with one attached hydrogen (secondary N) is 1. The van der Waals surface area contributed by atoms with Gasteiger partial charge in [0.25, 0.3) is 0 Å². The summed E-state index contributed by atoms with van der Waals surface area (Å²) in [7, 11) is 2.09. The number of carbonyl (C=O) groups excluding carboxylic acids is 1. The van der Waals surface area contributed by atoms with Gasteiger partial charge in [0.15, 0.2) is 5.82 Å². The van der Waals surface area contributed by atoms with Crippen LogP contribution in [0.25, 0.3) is 22.0 Å². The molecule has 1 spiro atoms. The molecule has 0 radical (unpaired) electrons. The molecule has 0 atom stereocenters. The van der Waals surface area contributed by atoms with Crippen molar-refractivity contribution in [3.05, 3.63) is 29.3 Å². The fourth-order valence-corrected chi connectivity index (χ4v) is 6.39. The van der Waals surface area contributed by atoms with Crippen LogP contribution in [0.5, 0.6) is 6.01 Å². The number of H-pyrrole nitrogens is 1. The number of piperidine rings is 2. The zero-order chi connectivity index (χ0) is 28.9. The highest BCUT2D eigenvalue weighted by molar-refractivity contribution is 6.34. The van der Waals surface area contributed by atoms with Crippen LogP contribution >= 0.6 is 11.6 Å². The molecule has 6 rings (SSSR count). The first kappa shape index (κ1) is 28.0. The molecule has 0 bridgehead atoms. The number of amides is 1. The Balaban J connectivity index is 1.27. The van der Waals surface area contributed by atoms with Crippen molar-refractivity contribution < 1.29 is 18.7 Å². The lowest BCUT2D eigenvalue weighted by Gasteiger charge is -2.53. The summed E-state index contributed by atoms with van der Waals surface area (Å²) in [5.41, 5.74) is 0.516. The van der Waals surface area contributed by atoms with Crippen molar-refractivity contribution >= 4 is 34.4 Å². The Labute approximate surface area is 244 Å². The van der Waals surface area contributed by atoms with Crippen molar-refractivity contribution in [3.63, 3.8) is 0 Å². The molecule has 0 aliphatic carbocycles. The Hall–Kier alpha value is -3.18. The molecule has 12 heteroatoms. The number of hydrogen-bond acceptors (Lipinski definition) is 8. The third-order valence-corrected chi connectivity index (χ3v) is 8.69. The summed E-state index contributed by atoms with van der Waals surface area (Å²) in [4.78, 5) is 28.1. The van der Waals surface area contributed by atoms with E-state index in [1.165, 1.54) is 6.20 Å². The minimum atomic E-state index is -0.522. The first-order valence-electron chi connectivity index (χ1n) is 14.3. The van der Waals surface area contributed by atoms with E-state index in [1.807, 2.05) is 20.8 Å². The normalized spacial score (nSPS) is 20.0. The summed E-state index contributed by atoms with van der Waals surface area (Å²) in [5, 5.41) is 7.51. The Morgan fingerprint density at radius 1 is 1.15 bits per heavy atom. The summed E-state index contributed by atoms with van der Waals surface area (Å²) in [6, 6.07) is 1.93. The number of likely N-dealkylation sites (tertiary alicyclic amines) is 2. The molecule has 2 aromatic heterocycles. The van der Waals surface area contributed by atoms with Crippen LogP contribution in [-0.4, -0.2) is 94.1 Å². The predicted octanol–water partition coefficient (Wildman–Crippen LogP) is 5.12. The number of aromatic nitrogens is 4. The number of carbonyl (C=O) groups is 1. The highest BCUT2D eigenvalue weighted by Crippen LogP contribution is 2.44. The molecule has 3 saturated heterocycles. The van der Waals surface area contributed by atoms with E-state index in [1.54, 1.807) is 17.2 Å². The lowest BCUT2D eigenvalue weighted by Crippen LogP contribution is -2.62. The van der Waals surface area contributed by atoms with Crippen LogP contribution in [0.1, 0.15) is 46.5 Å². The number of halogens is 2. The number of rotatable bonds is 4. The third kappa shape index (κ3) is 5.66. The highest BCUT2D eigenvalue weighted by atomic mass is 35.5. The topological polar surface area (TPSA) is 99.7 Å². The van der Waals surface area contributed by atoms with Crippen molar-refractivity contribution in [2.45, 2.75) is 58.2 Å². The van der Waals surface area contributed by atoms with Gasteiger partial charge in [0.1, 0.15) is 23.0 Å². The fraction of sp³-hybridized carbons (Fsp3) is 0.586. The summed E-state index contributed by atoms with van der Waals surface area (Å²) in [5.74, 6) is 0.0990. The molecule has 3 fully saturated rings. The maximum atomic E-state index is 16.1. The summed E-state index contributed by atoms with van der Waals surface area (Å²) >= 11 is 6.65. The van der Waals surface area contributed by atoms with E-state index in [-0.39, 0.29) is 39.7 Å². The second-order valence-electron chi connectivity index (χ2n) is 12.7.